The smallest absolute Gasteiger partial charge is 0.238 e. The molecule has 2 N–H and O–H groups in total. The Kier molecular flexibility index (Phi) is 5.85. The first kappa shape index (κ1) is 18.0. The van der Waals surface area contributed by atoms with Crippen LogP contribution in [0.4, 0.5) is 5.69 Å². The van der Waals surface area contributed by atoms with Gasteiger partial charge in [0, 0.05) is 11.7 Å². The van der Waals surface area contributed by atoms with E-state index < -0.39 is 0 Å². The summed E-state index contributed by atoms with van der Waals surface area (Å²) in [6, 6.07) is 6.48. The van der Waals surface area contributed by atoms with E-state index >= 15 is 0 Å². The molecule has 2 unspecified atom stereocenters. The second-order valence-corrected chi connectivity index (χ2v) is 8.04. The summed E-state index contributed by atoms with van der Waals surface area (Å²) in [5.41, 5.74) is 3.57. The van der Waals surface area contributed by atoms with Crippen molar-refractivity contribution in [2.24, 2.45) is 11.3 Å². The Balaban J connectivity index is 1.91. The predicted octanol–water partition coefficient (Wildman–Crippen LogP) is 4.44. The first-order valence-corrected chi connectivity index (χ1v) is 8.88. The number of rotatable bonds is 4. The minimum atomic E-state index is 0.0527. The molecule has 1 amide bonds. The van der Waals surface area contributed by atoms with E-state index in [0.29, 0.717) is 23.9 Å². The van der Waals surface area contributed by atoms with Crippen molar-refractivity contribution < 1.29 is 4.79 Å². The molecule has 1 aliphatic carbocycles. The van der Waals surface area contributed by atoms with Crippen molar-refractivity contribution in [1.82, 2.24) is 5.32 Å². The van der Waals surface area contributed by atoms with E-state index in [1.807, 2.05) is 12.1 Å². The molecule has 1 saturated carbocycles. The molecule has 0 aromatic heterocycles. The molecule has 1 aromatic rings. The number of hydrogen-bond donors (Lipinski definition) is 2. The lowest BCUT2D eigenvalue weighted by atomic mass is 9.69. The molecular weight excluding hydrogens is 284 g/mol. The second-order valence-electron chi connectivity index (χ2n) is 8.04. The van der Waals surface area contributed by atoms with Crippen LogP contribution in [0.5, 0.6) is 0 Å². The molecule has 1 aromatic carbocycles. The molecule has 1 fully saturated rings. The average Bonchev–Trinajstić information content (AvgIpc) is 2.49. The highest BCUT2D eigenvalue weighted by atomic mass is 16.1. The van der Waals surface area contributed by atoms with E-state index in [4.69, 9.17) is 0 Å². The van der Waals surface area contributed by atoms with Gasteiger partial charge < -0.3 is 10.6 Å². The van der Waals surface area contributed by atoms with Crippen molar-refractivity contribution in [2.45, 2.75) is 66.3 Å². The predicted molar refractivity (Wildman–Crippen MR) is 97.7 cm³/mol. The van der Waals surface area contributed by atoms with E-state index in [0.717, 1.165) is 11.3 Å². The molecular formula is C20H32N2O. The fraction of sp³-hybridized carbons (Fsp3) is 0.650. The Morgan fingerprint density at radius 3 is 2.57 bits per heavy atom. The lowest BCUT2D eigenvalue weighted by Gasteiger charge is -2.40. The van der Waals surface area contributed by atoms with E-state index in [1.54, 1.807) is 0 Å². The molecule has 23 heavy (non-hydrogen) atoms. The summed E-state index contributed by atoms with van der Waals surface area (Å²) >= 11 is 0. The quantitative estimate of drug-likeness (QED) is 0.862. The van der Waals surface area contributed by atoms with Gasteiger partial charge in [0.2, 0.25) is 5.91 Å². The third-order valence-corrected chi connectivity index (χ3v) is 5.28. The largest absolute Gasteiger partial charge is 0.325 e. The third-order valence-electron chi connectivity index (χ3n) is 5.28. The SMILES string of the molecule is Cc1cccc(NC(=O)CNC2CCCCC2C(C)(C)C)c1C. The highest BCUT2D eigenvalue weighted by Gasteiger charge is 2.33. The molecule has 1 aliphatic rings. The molecule has 3 nitrogen and oxygen atoms in total. The van der Waals surface area contributed by atoms with Gasteiger partial charge in [0.05, 0.1) is 6.54 Å². The highest BCUT2D eigenvalue weighted by Crippen LogP contribution is 2.37. The van der Waals surface area contributed by atoms with E-state index in [1.165, 1.54) is 31.2 Å². The van der Waals surface area contributed by atoms with Crippen LogP contribution in [0.25, 0.3) is 0 Å². The number of carbonyl (C=O) groups is 1. The standard InChI is InChI=1S/C20H32N2O/c1-14-9-8-12-17(15(14)2)22-19(23)13-21-18-11-7-6-10-16(18)20(3,4)5/h8-9,12,16,18,21H,6-7,10-11,13H2,1-5H3,(H,22,23). The third kappa shape index (κ3) is 4.81. The van der Waals surface area contributed by atoms with Crippen LogP contribution >= 0.6 is 0 Å². The Morgan fingerprint density at radius 2 is 1.87 bits per heavy atom. The zero-order valence-electron chi connectivity index (χ0n) is 15.3. The summed E-state index contributed by atoms with van der Waals surface area (Å²) in [5.74, 6) is 0.696. The zero-order valence-corrected chi connectivity index (χ0v) is 15.3. The maximum Gasteiger partial charge on any atom is 0.238 e. The van der Waals surface area contributed by atoms with Crippen LogP contribution in [-0.4, -0.2) is 18.5 Å². The summed E-state index contributed by atoms with van der Waals surface area (Å²) in [7, 11) is 0. The molecule has 0 aliphatic heterocycles. The molecule has 128 valence electrons. The van der Waals surface area contributed by atoms with Gasteiger partial charge in [-0.1, -0.05) is 45.7 Å². The van der Waals surface area contributed by atoms with Gasteiger partial charge in [0.15, 0.2) is 0 Å². The molecule has 0 spiro atoms. The zero-order chi connectivity index (χ0) is 17.0. The number of hydrogen-bond acceptors (Lipinski definition) is 2. The molecule has 0 radical (unpaired) electrons. The summed E-state index contributed by atoms with van der Waals surface area (Å²) in [6.45, 7) is 11.5. The summed E-state index contributed by atoms with van der Waals surface area (Å²) in [6.07, 6.45) is 5.02. The maximum atomic E-state index is 12.3. The Bertz CT molecular complexity index is 545. The topological polar surface area (TPSA) is 41.1 Å². The fourth-order valence-electron chi connectivity index (χ4n) is 3.72. The van der Waals surface area contributed by atoms with Crippen molar-refractivity contribution in [3.8, 4) is 0 Å². The summed E-state index contributed by atoms with van der Waals surface area (Å²) in [5, 5.41) is 6.56. The monoisotopic (exact) mass is 316 g/mol. The van der Waals surface area contributed by atoms with Gasteiger partial charge in [0.25, 0.3) is 0 Å². The first-order valence-electron chi connectivity index (χ1n) is 8.88. The van der Waals surface area contributed by atoms with E-state index in [9.17, 15) is 4.79 Å². The van der Waals surface area contributed by atoms with Gasteiger partial charge in [-0.25, -0.2) is 0 Å². The number of nitrogens with one attached hydrogen (secondary N) is 2. The van der Waals surface area contributed by atoms with Crippen molar-refractivity contribution in [3.63, 3.8) is 0 Å². The number of carbonyl (C=O) groups excluding carboxylic acids is 1. The van der Waals surface area contributed by atoms with Crippen LogP contribution < -0.4 is 10.6 Å². The Hall–Kier alpha value is -1.35. The van der Waals surface area contributed by atoms with Crippen molar-refractivity contribution >= 4 is 11.6 Å². The van der Waals surface area contributed by atoms with Gasteiger partial charge in [-0.3, -0.25) is 4.79 Å². The minimum Gasteiger partial charge on any atom is -0.325 e. The maximum absolute atomic E-state index is 12.3. The molecule has 0 saturated heterocycles. The van der Waals surface area contributed by atoms with Crippen molar-refractivity contribution in [3.05, 3.63) is 29.3 Å². The number of anilines is 1. The van der Waals surface area contributed by atoms with Gasteiger partial charge in [-0.15, -0.1) is 0 Å². The molecule has 2 atom stereocenters. The normalized spacial score (nSPS) is 22.0. The van der Waals surface area contributed by atoms with E-state index in [2.05, 4.69) is 51.3 Å². The minimum absolute atomic E-state index is 0.0527. The van der Waals surface area contributed by atoms with Crippen molar-refractivity contribution in [1.29, 1.82) is 0 Å². The summed E-state index contributed by atoms with van der Waals surface area (Å²) in [4.78, 5) is 12.3. The Labute approximate surface area is 141 Å². The molecule has 2 rings (SSSR count). The first-order chi connectivity index (χ1) is 10.8. The average molecular weight is 316 g/mol. The number of aryl methyl sites for hydroxylation is 1. The van der Waals surface area contributed by atoms with Crippen LogP contribution in [0.3, 0.4) is 0 Å². The van der Waals surface area contributed by atoms with Crippen LogP contribution in [0.15, 0.2) is 18.2 Å². The highest BCUT2D eigenvalue weighted by molar-refractivity contribution is 5.93. The number of amides is 1. The van der Waals surface area contributed by atoms with Crippen LogP contribution in [-0.2, 0) is 4.79 Å². The summed E-state index contributed by atoms with van der Waals surface area (Å²) < 4.78 is 0. The van der Waals surface area contributed by atoms with E-state index in [-0.39, 0.29) is 5.91 Å². The van der Waals surface area contributed by atoms with Crippen LogP contribution in [0, 0.1) is 25.2 Å². The van der Waals surface area contributed by atoms with Crippen LogP contribution in [0.1, 0.15) is 57.6 Å². The fourth-order valence-corrected chi connectivity index (χ4v) is 3.72. The molecule has 3 heteroatoms. The molecule has 0 heterocycles. The van der Waals surface area contributed by atoms with Gasteiger partial charge >= 0.3 is 0 Å². The lowest BCUT2D eigenvalue weighted by molar-refractivity contribution is -0.115. The lowest BCUT2D eigenvalue weighted by Crippen LogP contribution is -2.46. The second kappa shape index (κ2) is 7.48. The van der Waals surface area contributed by atoms with Crippen LogP contribution in [0.2, 0.25) is 0 Å². The van der Waals surface area contributed by atoms with Gasteiger partial charge in [-0.2, -0.15) is 0 Å². The molecule has 0 bridgehead atoms. The van der Waals surface area contributed by atoms with Gasteiger partial charge in [0.1, 0.15) is 0 Å². The van der Waals surface area contributed by atoms with Crippen molar-refractivity contribution in [2.75, 3.05) is 11.9 Å². The number of benzene rings is 1. The van der Waals surface area contributed by atoms with Gasteiger partial charge in [-0.05, 0) is 55.2 Å². The Morgan fingerprint density at radius 1 is 1.17 bits per heavy atom.